The maximum Gasteiger partial charge on any atom is 0.251 e. The highest BCUT2D eigenvalue weighted by Gasteiger charge is 2.25. The van der Waals surface area contributed by atoms with Crippen LogP contribution in [-0.4, -0.2) is 32.3 Å². The smallest absolute Gasteiger partial charge is 0.251 e. The molecule has 0 aliphatic heterocycles. The third-order valence-electron chi connectivity index (χ3n) is 4.67. The van der Waals surface area contributed by atoms with Crippen molar-refractivity contribution in [2.24, 2.45) is 13.0 Å². The van der Waals surface area contributed by atoms with Gasteiger partial charge in [0.25, 0.3) is 5.91 Å². The molecule has 0 saturated heterocycles. The van der Waals surface area contributed by atoms with Gasteiger partial charge >= 0.3 is 0 Å². The maximum absolute atomic E-state index is 12.7. The molecule has 0 radical (unpaired) electrons. The zero-order valence-electron chi connectivity index (χ0n) is 17.8. The Morgan fingerprint density at radius 2 is 1.59 bits per heavy atom. The van der Waals surface area contributed by atoms with Crippen molar-refractivity contribution in [3.8, 4) is 0 Å². The summed E-state index contributed by atoms with van der Waals surface area (Å²) in [6, 6.07) is 13.2. The van der Waals surface area contributed by atoms with Crippen molar-refractivity contribution in [1.82, 2.24) is 20.1 Å². The Labute approximate surface area is 200 Å². The van der Waals surface area contributed by atoms with Crippen molar-refractivity contribution in [3.05, 3.63) is 70.0 Å². The maximum atomic E-state index is 12.7. The molecule has 3 aromatic rings. The molecule has 1 heterocycles. The number of hydrogen-bond donors (Lipinski definition) is 2. The monoisotopic (exact) mass is 491 g/mol. The average molecular weight is 492 g/mol. The van der Waals surface area contributed by atoms with Crippen LogP contribution < -0.4 is 10.6 Å². The predicted molar refractivity (Wildman–Crippen MR) is 128 cm³/mol. The van der Waals surface area contributed by atoms with Gasteiger partial charge in [-0.05, 0) is 54.4 Å². The van der Waals surface area contributed by atoms with Crippen LogP contribution in [0.4, 0.5) is 5.69 Å². The Bertz CT molecular complexity index is 1080. The van der Waals surface area contributed by atoms with Crippen LogP contribution in [0.25, 0.3) is 0 Å². The fraction of sp³-hybridized carbons (Fsp3) is 0.273. The van der Waals surface area contributed by atoms with Crippen LogP contribution in [-0.2, 0) is 11.8 Å². The van der Waals surface area contributed by atoms with Gasteiger partial charge in [-0.2, -0.15) is 0 Å². The number of halogens is 2. The molecule has 0 saturated carbocycles. The molecule has 2 N–H and O–H groups in total. The SMILES string of the molecule is CC(C)[C@@H](NC(=O)c1ccc(Cl)cc1)c1nnc(SCC(=O)Nc2ccc(Cl)cc2)n1C. The van der Waals surface area contributed by atoms with Crippen molar-refractivity contribution in [1.29, 1.82) is 0 Å². The van der Waals surface area contributed by atoms with Crippen molar-refractivity contribution in [2.45, 2.75) is 25.0 Å². The third kappa shape index (κ3) is 6.25. The normalized spacial score (nSPS) is 11.9. The molecule has 10 heteroatoms. The highest BCUT2D eigenvalue weighted by atomic mass is 35.5. The molecule has 1 atom stereocenters. The highest BCUT2D eigenvalue weighted by Crippen LogP contribution is 2.25. The second-order valence-electron chi connectivity index (χ2n) is 7.45. The van der Waals surface area contributed by atoms with Crippen molar-refractivity contribution in [3.63, 3.8) is 0 Å². The zero-order valence-corrected chi connectivity index (χ0v) is 20.1. The standard InChI is InChI=1S/C22H23Cl2N5O2S/c1-13(2)19(26-21(31)14-4-6-15(23)7-5-14)20-27-28-22(29(20)3)32-12-18(30)25-17-10-8-16(24)9-11-17/h4-11,13,19H,12H2,1-3H3,(H,25,30)(H,26,31)/t19-/m1/s1. The summed E-state index contributed by atoms with van der Waals surface area (Å²) in [6.07, 6.45) is 0. The van der Waals surface area contributed by atoms with Crippen LogP contribution in [0.1, 0.15) is 36.1 Å². The second kappa shape index (κ2) is 10.8. The topological polar surface area (TPSA) is 88.9 Å². The van der Waals surface area contributed by atoms with Crippen LogP contribution in [0.3, 0.4) is 0 Å². The molecule has 1 aromatic heterocycles. The first kappa shape index (κ1) is 24.1. The molecule has 7 nitrogen and oxygen atoms in total. The predicted octanol–water partition coefficient (Wildman–Crippen LogP) is 4.98. The summed E-state index contributed by atoms with van der Waals surface area (Å²) in [5.41, 5.74) is 1.18. The molecule has 0 aliphatic rings. The molecule has 0 unspecified atom stereocenters. The van der Waals surface area contributed by atoms with Crippen LogP contribution >= 0.6 is 35.0 Å². The molecule has 0 fully saturated rings. The Kier molecular flexibility index (Phi) is 8.17. The molecule has 3 rings (SSSR count). The van der Waals surface area contributed by atoms with Crippen LogP contribution in [0, 0.1) is 5.92 Å². The van der Waals surface area contributed by atoms with Gasteiger partial charge in [0.2, 0.25) is 5.91 Å². The van der Waals surface area contributed by atoms with E-state index in [1.807, 2.05) is 20.9 Å². The molecule has 0 spiro atoms. The number of anilines is 1. The molecule has 2 aromatic carbocycles. The number of rotatable bonds is 8. The van der Waals surface area contributed by atoms with Crippen molar-refractivity contribution < 1.29 is 9.59 Å². The number of benzene rings is 2. The molecule has 0 bridgehead atoms. The van der Waals surface area contributed by atoms with Gasteiger partial charge in [0, 0.05) is 28.3 Å². The Morgan fingerprint density at radius 3 is 2.19 bits per heavy atom. The quantitative estimate of drug-likeness (QED) is 0.433. The third-order valence-corrected chi connectivity index (χ3v) is 6.19. The summed E-state index contributed by atoms with van der Waals surface area (Å²) in [5.74, 6) is 0.458. The van der Waals surface area contributed by atoms with E-state index in [0.29, 0.717) is 32.3 Å². The number of aromatic nitrogens is 3. The van der Waals surface area contributed by atoms with Crippen LogP contribution in [0.15, 0.2) is 53.7 Å². The van der Waals surface area contributed by atoms with E-state index in [9.17, 15) is 9.59 Å². The lowest BCUT2D eigenvalue weighted by Crippen LogP contribution is -2.33. The van der Waals surface area contributed by atoms with Gasteiger partial charge < -0.3 is 15.2 Å². The minimum Gasteiger partial charge on any atom is -0.342 e. The second-order valence-corrected chi connectivity index (χ2v) is 9.26. The number of carbonyl (C=O) groups excluding carboxylic acids is 2. The van der Waals surface area contributed by atoms with E-state index in [4.69, 9.17) is 23.2 Å². The number of nitrogens with zero attached hydrogens (tertiary/aromatic N) is 3. The van der Waals surface area contributed by atoms with Crippen molar-refractivity contribution in [2.75, 3.05) is 11.1 Å². The Balaban J connectivity index is 1.65. The van der Waals surface area contributed by atoms with E-state index < -0.39 is 0 Å². The van der Waals surface area contributed by atoms with Gasteiger partial charge in [-0.25, -0.2) is 0 Å². The minimum absolute atomic E-state index is 0.0696. The minimum atomic E-state index is -0.354. The molecule has 168 valence electrons. The number of amides is 2. The van der Waals surface area contributed by atoms with E-state index in [-0.39, 0.29) is 29.5 Å². The molecular weight excluding hydrogens is 469 g/mol. The number of hydrogen-bond acceptors (Lipinski definition) is 5. The van der Waals surface area contributed by atoms with E-state index >= 15 is 0 Å². The summed E-state index contributed by atoms with van der Waals surface area (Å²) in [5, 5.41) is 16.1. The first-order valence-corrected chi connectivity index (χ1v) is 11.6. The summed E-state index contributed by atoms with van der Waals surface area (Å²) in [4.78, 5) is 25.0. The van der Waals surface area contributed by atoms with Gasteiger partial charge in [-0.1, -0.05) is 48.8 Å². The zero-order chi connectivity index (χ0) is 23.3. The molecule has 0 aliphatic carbocycles. The van der Waals surface area contributed by atoms with Gasteiger partial charge in [0.15, 0.2) is 11.0 Å². The molecular formula is C22H23Cl2N5O2S. The molecule has 32 heavy (non-hydrogen) atoms. The van der Waals surface area contributed by atoms with E-state index in [1.165, 1.54) is 11.8 Å². The Hall–Kier alpha value is -2.55. The summed E-state index contributed by atoms with van der Waals surface area (Å²) in [6.45, 7) is 3.99. The largest absolute Gasteiger partial charge is 0.342 e. The average Bonchev–Trinajstić information content (AvgIpc) is 3.12. The van der Waals surface area contributed by atoms with Gasteiger partial charge in [0.1, 0.15) is 0 Å². The summed E-state index contributed by atoms with van der Waals surface area (Å²) < 4.78 is 1.80. The molecule has 2 amide bonds. The summed E-state index contributed by atoms with van der Waals surface area (Å²) >= 11 is 13.0. The van der Waals surface area contributed by atoms with Crippen LogP contribution in [0.2, 0.25) is 10.0 Å². The Morgan fingerprint density at radius 1 is 1.00 bits per heavy atom. The van der Waals surface area contributed by atoms with Crippen molar-refractivity contribution >= 4 is 52.5 Å². The number of thioether (sulfide) groups is 1. The fourth-order valence-corrected chi connectivity index (χ4v) is 3.91. The first-order valence-electron chi connectivity index (χ1n) is 9.88. The first-order chi connectivity index (χ1) is 15.2. The number of nitrogens with one attached hydrogen (secondary N) is 2. The lowest BCUT2D eigenvalue weighted by molar-refractivity contribution is -0.113. The van der Waals surface area contributed by atoms with Crippen LogP contribution in [0.5, 0.6) is 0 Å². The summed E-state index contributed by atoms with van der Waals surface area (Å²) in [7, 11) is 1.82. The lowest BCUT2D eigenvalue weighted by Gasteiger charge is -2.21. The van der Waals surface area contributed by atoms with E-state index in [0.717, 1.165) is 0 Å². The highest BCUT2D eigenvalue weighted by molar-refractivity contribution is 7.99. The lowest BCUT2D eigenvalue weighted by atomic mass is 10.0. The van der Waals surface area contributed by atoms with Gasteiger partial charge in [-0.15, -0.1) is 10.2 Å². The van der Waals surface area contributed by atoms with E-state index in [2.05, 4.69) is 20.8 Å². The van der Waals surface area contributed by atoms with Gasteiger partial charge in [-0.3, -0.25) is 9.59 Å². The van der Waals surface area contributed by atoms with Gasteiger partial charge in [0.05, 0.1) is 11.8 Å². The fourth-order valence-electron chi connectivity index (χ4n) is 2.94. The number of carbonyl (C=O) groups is 2. The van der Waals surface area contributed by atoms with E-state index in [1.54, 1.807) is 53.1 Å².